The average molecular weight is 243 g/mol. The van der Waals surface area contributed by atoms with E-state index in [9.17, 15) is 9.59 Å². The molecule has 2 heterocycles. The van der Waals surface area contributed by atoms with Crippen LogP contribution in [0.1, 0.15) is 33.6 Å². The number of amides is 2. The molecule has 92 valence electrons. The number of benzene rings is 1. The van der Waals surface area contributed by atoms with Crippen molar-refractivity contribution in [3.63, 3.8) is 0 Å². The van der Waals surface area contributed by atoms with Gasteiger partial charge in [0, 0.05) is 0 Å². The Kier molecular flexibility index (Phi) is 2.63. The molecule has 0 unspecified atom stereocenters. The number of ether oxygens (including phenoxy) is 1. The maximum Gasteiger partial charge on any atom is 0.261 e. The Balaban J connectivity index is 1.81. The summed E-state index contributed by atoms with van der Waals surface area (Å²) in [6.07, 6.45) is 5.26. The number of hydrogen-bond donors (Lipinski definition) is 0. The summed E-state index contributed by atoms with van der Waals surface area (Å²) in [4.78, 5) is 25.5. The molecular weight excluding hydrogens is 230 g/mol. The first-order valence-electron chi connectivity index (χ1n) is 6.03. The van der Waals surface area contributed by atoms with Crippen LogP contribution in [0.15, 0.2) is 36.6 Å². The molecular formula is C14H13NO3. The van der Waals surface area contributed by atoms with Gasteiger partial charge in [-0.15, -0.1) is 0 Å². The molecule has 2 aliphatic rings. The van der Waals surface area contributed by atoms with Gasteiger partial charge in [0.2, 0.25) is 0 Å². The van der Waals surface area contributed by atoms with Crippen LogP contribution >= 0.6 is 0 Å². The van der Waals surface area contributed by atoms with E-state index in [1.54, 1.807) is 30.5 Å². The molecule has 0 saturated carbocycles. The van der Waals surface area contributed by atoms with E-state index in [1.165, 1.54) is 4.90 Å². The van der Waals surface area contributed by atoms with E-state index >= 15 is 0 Å². The maximum absolute atomic E-state index is 12.1. The molecule has 0 aliphatic carbocycles. The Bertz CT molecular complexity index is 501. The van der Waals surface area contributed by atoms with Gasteiger partial charge >= 0.3 is 0 Å². The number of nitrogens with zero attached hydrogens (tertiary/aromatic N) is 1. The van der Waals surface area contributed by atoms with Gasteiger partial charge in [-0.25, -0.2) is 0 Å². The highest BCUT2D eigenvalue weighted by Crippen LogP contribution is 2.24. The van der Waals surface area contributed by atoms with Crippen LogP contribution in [-0.2, 0) is 4.74 Å². The van der Waals surface area contributed by atoms with Gasteiger partial charge in [-0.1, -0.05) is 12.1 Å². The highest BCUT2D eigenvalue weighted by molar-refractivity contribution is 6.21. The van der Waals surface area contributed by atoms with Gasteiger partial charge in [0.25, 0.3) is 11.8 Å². The van der Waals surface area contributed by atoms with Crippen molar-refractivity contribution in [1.82, 2.24) is 4.90 Å². The molecule has 0 fully saturated rings. The van der Waals surface area contributed by atoms with Crippen molar-refractivity contribution in [2.24, 2.45) is 0 Å². The zero-order valence-corrected chi connectivity index (χ0v) is 9.83. The number of hydrogen-bond acceptors (Lipinski definition) is 3. The molecule has 18 heavy (non-hydrogen) atoms. The van der Waals surface area contributed by atoms with Crippen LogP contribution in [0.2, 0.25) is 0 Å². The molecule has 0 bridgehead atoms. The van der Waals surface area contributed by atoms with Crippen LogP contribution < -0.4 is 0 Å². The Labute approximate surface area is 105 Å². The molecule has 2 aliphatic heterocycles. The average Bonchev–Trinajstić information content (AvgIpc) is 2.66. The van der Waals surface area contributed by atoms with Gasteiger partial charge in [-0.05, 0) is 31.1 Å². The van der Waals surface area contributed by atoms with Gasteiger partial charge < -0.3 is 4.74 Å². The zero-order valence-electron chi connectivity index (χ0n) is 9.83. The Morgan fingerprint density at radius 2 is 1.83 bits per heavy atom. The lowest BCUT2D eigenvalue weighted by Crippen LogP contribution is -2.38. The molecule has 1 atom stereocenters. The van der Waals surface area contributed by atoms with E-state index in [-0.39, 0.29) is 17.9 Å². The number of imide groups is 1. The highest BCUT2D eigenvalue weighted by Gasteiger charge is 2.36. The van der Waals surface area contributed by atoms with Crippen molar-refractivity contribution < 1.29 is 14.3 Å². The first-order chi connectivity index (χ1) is 8.77. The predicted molar refractivity (Wildman–Crippen MR) is 65.1 cm³/mol. The highest BCUT2D eigenvalue weighted by atomic mass is 16.5. The third-order valence-corrected chi connectivity index (χ3v) is 3.29. The SMILES string of the molecule is O=C1c2ccccc2C(=O)N1C[C@@H]1CCC=CO1. The molecule has 3 rings (SSSR count). The van der Waals surface area contributed by atoms with E-state index in [4.69, 9.17) is 4.74 Å². The summed E-state index contributed by atoms with van der Waals surface area (Å²) in [6, 6.07) is 6.93. The standard InChI is InChI=1S/C14H13NO3/c16-13-11-6-1-2-7-12(11)14(17)15(13)9-10-5-3-4-8-18-10/h1-2,4,6-8,10H,3,5,9H2/t10-/m0/s1. The van der Waals surface area contributed by atoms with Gasteiger partial charge in [0.15, 0.2) is 0 Å². The molecule has 4 nitrogen and oxygen atoms in total. The smallest absolute Gasteiger partial charge is 0.261 e. The third-order valence-electron chi connectivity index (χ3n) is 3.29. The van der Waals surface area contributed by atoms with Crippen LogP contribution in [0.25, 0.3) is 0 Å². The minimum Gasteiger partial charge on any atom is -0.496 e. The van der Waals surface area contributed by atoms with Gasteiger partial charge in [0.1, 0.15) is 6.10 Å². The van der Waals surface area contributed by atoms with E-state index in [2.05, 4.69) is 0 Å². The molecule has 0 aromatic heterocycles. The minimum absolute atomic E-state index is 0.0859. The summed E-state index contributed by atoms with van der Waals surface area (Å²) >= 11 is 0. The Hall–Kier alpha value is -2.10. The summed E-state index contributed by atoms with van der Waals surface area (Å²) in [5, 5.41) is 0. The molecule has 1 aromatic carbocycles. The summed E-state index contributed by atoms with van der Waals surface area (Å²) < 4.78 is 5.41. The van der Waals surface area contributed by atoms with Gasteiger partial charge in [0.05, 0.1) is 23.9 Å². The first-order valence-corrected chi connectivity index (χ1v) is 6.03. The topological polar surface area (TPSA) is 46.6 Å². The van der Waals surface area contributed by atoms with E-state index in [0.29, 0.717) is 17.7 Å². The van der Waals surface area contributed by atoms with Crippen molar-refractivity contribution in [2.45, 2.75) is 18.9 Å². The van der Waals surface area contributed by atoms with E-state index < -0.39 is 0 Å². The summed E-state index contributed by atoms with van der Waals surface area (Å²) in [6.45, 7) is 0.330. The van der Waals surface area contributed by atoms with Gasteiger partial charge in [-0.3, -0.25) is 14.5 Å². The number of allylic oxidation sites excluding steroid dienone is 1. The number of carbonyl (C=O) groups is 2. The van der Waals surface area contributed by atoms with E-state index in [1.807, 2.05) is 6.08 Å². The fourth-order valence-electron chi connectivity index (χ4n) is 2.33. The Morgan fingerprint density at radius 3 is 2.39 bits per heavy atom. The lowest BCUT2D eigenvalue weighted by atomic mass is 10.1. The Morgan fingerprint density at radius 1 is 1.17 bits per heavy atom. The molecule has 4 heteroatoms. The lowest BCUT2D eigenvalue weighted by molar-refractivity contribution is 0.0485. The third kappa shape index (κ3) is 1.70. The molecule has 0 N–H and O–H groups in total. The fraction of sp³-hybridized carbons (Fsp3) is 0.286. The summed E-state index contributed by atoms with van der Waals surface area (Å²) in [7, 11) is 0. The summed E-state index contributed by atoms with van der Waals surface area (Å²) in [5.74, 6) is -0.428. The second-order valence-corrected chi connectivity index (χ2v) is 4.47. The van der Waals surface area contributed by atoms with Crippen molar-refractivity contribution >= 4 is 11.8 Å². The minimum atomic E-state index is -0.214. The lowest BCUT2D eigenvalue weighted by Gasteiger charge is -2.23. The second kappa shape index (κ2) is 4.29. The van der Waals surface area contributed by atoms with Gasteiger partial charge in [-0.2, -0.15) is 0 Å². The van der Waals surface area contributed by atoms with Crippen LogP contribution in [0.4, 0.5) is 0 Å². The molecule has 0 saturated heterocycles. The van der Waals surface area contributed by atoms with Crippen molar-refractivity contribution in [1.29, 1.82) is 0 Å². The predicted octanol–water partition coefficient (Wildman–Crippen LogP) is 1.98. The van der Waals surface area contributed by atoms with Crippen LogP contribution in [0, 0.1) is 0 Å². The quantitative estimate of drug-likeness (QED) is 0.746. The maximum atomic E-state index is 12.1. The van der Waals surface area contributed by atoms with Crippen LogP contribution in [-0.4, -0.2) is 29.4 Å². The molecule has 1 aromatic rings. The molecule has 0 spiro atoms. The number of carbonyl (C=O) groups excluding carboxylic acids is 2. The van der Waals surface area contributed by atoms with Crippen molar-refractivity contribution in [3.05, 3.63) is 47.7 Å². The van der Waals surface area contributed by atoms with Crippen molar-refractivity contribution in [3.8, 4) is 0 Å². The fourth-order valence-corrected chi connectivity index (χ4v) is 2.33. The monoisotopic (exact) mass is 243 g/mol. The number of rotatable bonds is 2. The first kappa shape index (κ1) is 11.0. The van der Waals surface area contributed by atoms with E-state index in [0.717, 1.165) is 12.8 Å². The van der Waals surface area contributed by atoms with Crippen LogP contribution in [0.5, 0.6) is 0 Å². The number of fused-ring (bicyclic) bond motifs is 1. The largest absolute Gasteiger partial charge is 0.496 e. The zero-order chi connectivity index (χ0) is 12.5. The molecule has 0 radical (unpaired) electrons. The van der Waals surface area contributed by atoms with Crippen molar-refractivity contribution in [2.75, 3.05) is 6.54 Å². The normalized spacial score (nSPS) is 22.0. The summed E-state index contributed by atoms with van der Waals surface area (Å²) in [5.41, 5.74) is 0.989. The van der Waals surface area contributed by atoms with Crippen LogP contribution in [0.3, 0.4) is 0 Å². The second-order valence-electron chi connectivity index (χ2n) is 4.47. The molecule has 2 amide bonds.